The van der Waals surface area contributed by atoms with Crippen molar-refractivity contribution in [2.45, 2.75) is 142 Å². The fourth-order valence-corrected chi connectivity index (χ4v) is 6.05. The van der Waals surface area contributed by atoms with Crippen molar-refractivity contribution < 1.29 is 29.4 Å². The van der Waals surface area contributed by atoms with Gasteiger partial charge in [-0.1, -0.05) is 129 Å². The molecule has 0 radical (unpaired) electrons. The Kier molecular flexibility index (Phi) is 19.4. The molecule has 0 heterocycles. The number of hydrogen-bond donors (Lipinski definition) is 4. The van der Waals surface area contributed by atoms with Crippen LogP contribution in [0.2, 0.25) is 0 Å². The zero-order chi connectivity index (χ0) is 33.6. The Bertz CT molecular complexity index is 1150. The van der Waals surface area contributed by atoms with Crippen LogP contribution in [-0.4, -0.2) is 47.1 Å². The van der Waals surface area contributed by atoms with Gasteiger partial charge in [-0.3, -0.25) is 9.59 Å². The predicted molar refractivity (Wildman–Crippen MR) is 186 cm³/mol. The van der Waals surface area contributed by atoms with E-state index in [2.05, 4.69) is 24.5 Å². The highest BCUT2D eigenvalue weighted by Crippen LogP contribution is 2.31. The molecule has 0 aliphatic rings. The second kappa shape index (κ2) is 23.0. The number of carboxylic acid groups (broad SMARTS) is 2. The van der Waals surface area contributed by atoms with Crippen molar-refractivity contribution in [2.24, 2.45) is 0 Å². The topological polar surface area (TPSA) is 133 Å². The summed E-state index contributed by atoms with van der Waals surface area (Å²) >= 11 is 0. The number of rotatable bonds is 26. The highest BCUT2D eigenvalue weighted by molar-refractivity contribution is 6.23. The number of fused-ring (bicyclic) bond motifs is 1. The van der Waals surface area contributed by atoms with Crippen LogP contribution in [0, 0.1) is 0 Å². The number of carbonyl (C=O) groups is 4. The average Bonchev–Trinajstić information content (AvgIpc) is 3.04. The highest BCUT2D eigenvalue weighted by atomic mass is 16.4. The van der Waals surface area contributed by atoms with Crippen LogP contribution in [0.1, 0.15) is 184 Å². The molecule has 2 amide bonds. The normalized spacial score (nSPS) is 11.1. The molecule has 8 nitrogen and oxygen atoms in total. The fraction of sp³-hybridized carbons (Fsp3) is 0.632. The van der Waals surface area contributed by atoms with Crippen LogP contribution < -0.4 is 10.6 Å². The Morgan fingerprint density at radius 1 is 0.435 bits per heavy atom. The van der Waals surface area contributed by atoms with E-state index in [-0.39, 0.29) is 33.0 Å². The van der Waals surface area contributed by atoms with E-state index in [0.29, 0.717) is 13.1 Å². The van der Waals surface area contributed by atoms with Crippen molar-refractivity contribution in [1.82, 2.24) is 10.6 Å². The second-order valence-corrected chi connectivity index (χ2v) is 12.6. The lowest BCUT2D eigenvalue weighted by Gasteiger charge is -2.16. The van der Waals surface area contributed by atoms with Gasteiger partial charge in [0.05, 0.1) is 11.1 Å². The number of hydrogen-bond acceptors (Lipinski definition) is 4. The van der Waals surface area contributed by atoms with Crippen LogP contribution in [0.5, 0.6) is 0 Å². The Morgan fingerprint density at radius 2 is 0.696 bits per heavy atom. The van der Waals surface area contributed by atoms with Gasteiger partial charge >= 0.3 is 11.9 Å². The van der Waals surface area contributed by atoms with Gasteiger partial charge in [-0.25, -0.2) is 9.59 Å². The summed E-state index contributed by atoms with van der Waals surface area (Å²) in [6, 6.07) is 5.25. The van der Waals surface area contributed by atoms with Gasteiger partial charge in [-0.05, 0) is 37.1 Å². The first-order valence-corrected chi connectivity index (χ1v) is 18.0. The van der Waals surface area contributed by atoms with Gasteiger partial charge in [-0.2, -0.15) is 0 Å². The van der Waals surface area contributed by atoms with E-state index in [4.69, 9.17) is 0 Å². The number of nitrogens with one attached hydrogen (secondary N) is 2. The Labute approximate surface area is 276 Å². The molecule has 0 aromatic heterocycles. The van der Waals surface area contributed by atoms with Crippen molar-refractivity contribution in [3.8, 4) is 0 Å². The Balaban J connectivity index is 2.02. The molecular formula is C38H58N2O6. The molecule has 0 saturated carbocycles. The minimum atomic E-state index is -1.30. The lowest BCUT2D eigenvalue weighted by Crippen LogP contribution is -2.27. The summed E-state index contributed by atoms with van der Waals surface area (Å²) in [5, 5.41) is 25.6. The van der Waals surface area contributed by atoms with Crippen LogP contribution in [0.25, 0.3) is 10.8 Å². The van der Waals surface area contributed by atoms with E-state index >= 15 is 0 Å². The van der Waals surface area contributed by atoms with Crippen LogP contribution in [0.15, 0.2) is 24.3 Å². The standard InChI is InChI=1S/C38H58N2O6/c1-3-5-7-9-11-13-15-17-19-21-27-39-35(41)29-23-25-32(38(45)46)34-30(24-26-31(33(29)34)37(43)44)36(42)40-28-22-20-18-16-14-12-10-8-6-4-2/h23-26H,3-22,27-28H2,1-2H3,(H,39,41)(H,40,42)(H,43,44)(H,45,46). The van der Waals surface area contributed by atoms with Crippen molar-refractivity contribution in [3.63, 3.8) is 0 Å². The van der Waals surface area contributed by atoms with E-state index in [1.165, 1.54) is 114 Å². The Hall–Kier alpha value is -3.42. The van der Waals surface area contributed by atoms with Crippen LogP contribution >= 0.6 is 0 Å². The lowest BCUT2D eigenvalue weighted by atomic mass is 9.91. The van der Waals surface area contributed by atoms with E-state index in [9.17, 15) is 29.4 Å². The molecule has 8 heteroatoms. The summed E-state index contributed by atoms with van der Waals surface area (Å²) in [4.78, 5) is 51.0. The monoisotopic (exact) mass is 638 g/mol. The van der Waals surface area contributed by atoms with E-state index in [0.717, 1.165) is 38.5 Å². The number of unbranched alkanes of at least 4 members (excludes halogenated alkanes) is 18. The largest absolute Gasteiger partial charge is 0.478 e. The molecule has 0 aliphatic carbocycles. The summed E-state index contributed by atoms with van der Waals surface area (Å²) in [7, 11) is 0. The fourth-order valence-electron chi connectivity index (χ4n) is 6.05. The van der Waals surface area contributed by atoms with Crippen molar-refractivity contribution >= 4 is 34.5 Å². The molecule has 46 heavy (non-hydrogen) atoms. The van der Waals surface area contributed by atoms with Crippen molar-refractivity contribution in [2.75, 3.05) is 13.1 Å². The van der Waals surface area contributed by atoms with Gasteiger partial charge in [0.25, 0.3) is 11.8 Å². The zero-order valence-corrected chi connectivity index (χ0v) is 28.4. The van der Waals surface area contributed by atoms with Crippen molar-refractivity contribution in [1.29, 1.82) is 0 Å². The zero-order valence-electron chi connectivity index (χ0n) is 28.4. The number of carbonyl (C=O) groups excluding carboxylic acids is 2. The first-order chi connectivity index (χ1) is 22.3. The van der Waals surface area contributed by atoms with Crippen LogP contribution in [0.3, 0.4) is 0 Å². The van der Waals surface area contributed by atoms with E-state index in [1.807, 2.05) is 0 Å². The van der Waals surface area contributed by atoms with E-state index < -0.39 is 23.8 Å². The molecule has 2 aromatic rings. The molecule has 0 unspecified atom stereocenters. The summed E-state index contributed by atoms with van der Waals surface area (Å²) in [5.41, 5.74) is -0.329. The van der Waals surface area contributed by atoms with Crippen molar-refractivity contribution in [3.05, 3.63) is 46.5 Å². The molecule has 0 fully saturated rings. The molecule has 0 bridgehead atoms. The number of benzene rings is 2. The minimum Gasteiger partial charge on any atom is -0.478 e. The molecule has 4 N–H and O–H groups in total. The third-order valence-electron chi connectivity index (χ3n) is 8.74. The molecule has 0 spiro atoms. The molecular weight excluding hydrogens is 580 g/mol. The van der Waals surface area contributed by atoms with Gasteiger partial charge in [0.1, 0.15) is 0 Å². The maximum absolute atomic E-state index is 13.3. The quantitative estimate of drug-likeness (QED) is 0.0759. The Morgan fingerprint density at radius 3 is 0.978 bits per heavy atom. The van der Waals surface area contributed by atoms with Gasteiger partial charge < -0.3 is 20.8 Å². The third kappa shape index (κ3) is 13.5. The first kappa shape index (κ1) is 38.8. The second-order valence-electron chi connectivity index (χ2n) is 12.6. The first-order valence-electron chi connectivity index (χ1n) is 18.0. The average molecular weight is 639 g/mol. The third-order valence-corrected chi connectivity index (χ3v) is 8.74. The number of aromatic carboxylic acids is 2. The summed E-state index contributed by atoms with van der Waals surface area (Å²) in [6.07, 6.45) is 23.4. The van der Waals surface area contributed by atoms with E-state index in [1.54, 1.807) is 0 Å². The molecule has 0 aliphatic heterocycles. The lowest BCUT2D eigenvalue weighted by molar-refractivity contribution is 0.0686. The SMILES string of the molecule is CCCCCCCCCCCCNC(=O)c1ccc(C(=O)O)c2c(C(=O)NCCCCCCCCCCCC)ccc(C(=O)O)c12. The van der Waals surface area contributed by atoms with Gasteiger partial charge in [-0.15, -0.1) is 0 Å². The maximum Gasteiger partial charge on any atom is 0.336 e. The molecule has 0 atom stereocenters. The van der Waals surface area contributed by atoms with Gasteiger partial charge in [0, 0.05) is 35.0 Å². The summed E-state index contributed by atoms with van der Waals surface area (Å²) < 4.78 is 0. The molecule has 2 rings (SSSR count). The van der Waals surface area contributed by atoms with Crippen LogP contribution in [-0.2, 0) is 0 Å². The molecule has 256 valence electrons. The summed E-state index contributed by atoms with van der Waals surface area (Å²) in [5.74, 6) is -3.56. The van der Waals surface area contributed by atoms with Gasteiger partial charge in [0.15, 0.2) is 0 Å². The number of amides is 2. The van der Waals surface area contributed by atoms with Gasteiger partial charge in [0.2, 0.25) is 0 Å². The smallest absolute Gasteiger partial charge is 0.336 e. The molecule has 0 saturated heterocycles. The number of carboxylic acids is 2. The van der Waals surface area contributed by atoms with Crippen LogP contribution in [0.4, 0.5) is 0 Å². The minimum absolute atomic E-state index is 0.0282. The summed E-state index contributed by atoms with van der Waals surface area (Å²) in [6.45, 7) is 5.29. The maximum atomic E-state index is 13.3. The predicted octanol–water partition coefficient (Wildman–Crippen LogP) is 9.54. The molecule has 2 aromatic carbocycles. The highest BCUT2D eigenvalue weighted by Gasteiger charge is 2.25.